The summed E-state index contributed by atoms with van der Waals surface area (Å²) in [5, 5.41) is 10.0. The summed E-state index contributed by atoms with van der Waals surface area (Å²) in [5.74, 6) is -0.417. The van der Waals surface area contributed by atoms with Gasteiger partial charge >= 0.3 is 0 Å². The van der Waals surface area contributed by atoms with Gasteiger partial charge in [-0.25, -0.2) is 0 Å². The first-order valence-corrected chi connectivity index (χ1v) is 11.2. The fourth-order valence-corrected chi connectivity index (χ4v) is 5.07. The van der Waals surface area contributed by atoms with Gasteiger partial charge in [0, 0.05) is 18.7 Å². The van der Waals surface area contributed by atoms with E-state index in [9.17, 15) is 14.7 Å². The predicted molar refractivity (Wildman–Crippen MR) is 130 cm³/mol. The third-order valence-corrected chi connectivity index (χ3v) is 6.61. The molecule has 0 aromatic heterocycles. The summed E-state index contributed by atoms with van der Waals surface area (Å²) in [7, 11) is 0. The molecule has 2 saturated heterocycles. The van der Waals surface area contributed by atoms with Crippen molar-refractivity contribution >= 4 is 18.5 Å². The van der Waals surface area contributed by atoms with Crippen molar-refractivity contribution in [2.24, 2.45) is 4.99 Å². The number of aliphatic hydroxyl groups excluding tert-OH is 1. The minimum absolute atomic E-state index is 0.00316. The van der Waals surface area contributed by atoms with E-state index in [1.165, 1.54) is 17.3 Å². The molecule has 2 heterocycles. The maximum absolute atomic E-state index is 13.0. The third kappa shape index (κ3) is 4.14. The molecular weight excluding hydrogens is 414 g/mol. The zero-order valence-electron chi connectivity index (χ0n) is 19.0. The molecule has 0 bridgehead atoms. The summed E-state index contributed by atoms with van der Waals surface area (Å²) in [6, 6.07) is 16.1. The Morgan fingerprint density at radius 3 is 2.58 bits per heavy atom. The molecule has 4 rings (SSSR count). The molecule has 2 aromatic rings. The van der Waals surface area contributed by atoms with Gasteiger partial charge in [-0.15, -0.1) is 0 Å². The lowest BCUT2D eigenvalue weighted by Gasteiger charge is -2.58. The van der Waals surface area contributed by atoms with E-state index in [-0.39, 0.29) is 43.0 Å². The van der Waals surface area contributed by atoms with E-state index in [2.05, 4.69) is 55.0 Å². The molecule has 2 aliphatic heterocycles. The number of carbonyl (C=O) groups is 2. The van der Waals surface area contributed by atoms with Crippen molar-refractivity contribution in [3.8, 4) is 11.1 Å². The Morgan fingerprint density at radius 2 is 1.94 bits per heavy atom. The van der Waals surface area contributed by atoms with Crippen LogP contribution in [0.4, 0.5) is 0 Å². The van der Waals surface area contributed by atoms with Gasteiger partial charge in [0.05, 0.1) is 24.3 Å². The van der Waals surface area contributed by atoms with Crippen molar-refractivity contribution in [2.75, 3.05) is 19.7 Å². The summed E-state index contributed by atoms with van der Waals surface area (Å²) >= 11 is 0. The minimum Gasteiger partial charge on any atom is -0.394 e. The lowest BCUT2D eigenvalue weighted by Crippen LogP contribution is -2.73. The van der Waals surface area contributed by atoms with Gasteiger partial charge in [-0.3, -0.25) is 14.6 Å². The van der Waals surface area contributed by atoms with E-state index in [0.717, 1.165) is 11.1 Å². The average molecular weight is 444 g/mol. The summed E-state index contributed by atoms with van der Waals surface area (Å²) in [6.45, 7) is 7.65. The van der Waals surface area contributed by atoms with E-state index in [1.54, 1.807) is 22.0 Å². The van der Waals surface area contributed by atoms with Gasteiger partial charge in [-0.1, -0.05) is 60.7 Å². The molecule has 1 N–H and O–H groups in total. The Morgan fingerprint density at radius 1 is 1.21 bits per heavy atom. The van der Waals surface area contributed by atoms with Crippen molar-refractivity contribution in [3.05, 3.63) is 83.6 Å². The van der Waals surface area contributed by atoms with Crippen molar-refractivity contribution in [1.82, 2.24) is 9.80 Å². The second-order valence-electron chi connectivity index (χ2n) is 8.53. The van der Waals surface area contributed by atoms with Crippen molar-refractivity contribution in [2.45, 2.75) is 31.8 Å². The molecule has 33 heavy (non-hydrogen) atoms. The number of hydrogen-bond donors (Lipinski definition) is 1. The number of nitrogens with zero attached hydrogens (tertiary/aromatic N) is 3. The molecule has 6 heteroatoms. The van der Waals surface area contributed by atoms with E-state index in [1.807, 2.05) is 19.1 Å². The molecule has 2 fully saturated rings. The molecule has 2 amide bonds. The normalized spacial score (nSPS) is 22.8. The smallest absolute Gasteiger partial charge is 0.255 e. The van der Waals surface area contributed by atoms with Gasteiger partial charge in [0.25, 0.3) is 5.91 Å². The fraction of sp³-hybridized carbons (Fsp3) is 0.296. The number of amides is 2. The number of allylic oxidation sites excluding steroid dienone is 1. The molecule has 0 unspecified atom stereocenters. The molecule has 6 nitrogen and oxygen atoms in total. The molecule has 0 aliphatic carbocycles. The molecule has 0 saturated carbocycles. The van der Waals surface area contributed by atoms with Crippen molar-refractivity contribution in [3.63, 3.8) is 0 Å². The maximum Gasteiger partial charge on any atom is 0.255 e. The van der Waals surface area contributed by atoms with Crippen molar-refractivity contribution < 1.29 is 14.7 Å². The monoisotopic (exact) mass is 443 g/mol. The van der Waals surface area contributed by atoms with Gasteiger partial charge in [-0.05, 0) is 42.8 Å². The van der Waals surface area contributed by atoms with Crippen LogP contribution in [0.3, 0.4) is 0 Å². The van der Waals surface area contributed by atoms with E-state index in [4.69, 9.17) is 0 Å². The van der Waals surface area contributed by atoms with Gasteiger partial charge in [-0.2, -0.15) is 0 Å². The topological polar surface area (TPSA) is 73.2 Å². The van der Waals surface area contributed by atoms with Crippen LogP contribution in [0.15, 0.2) is 77.4 Å². The van der Waals surface area contributed by atoms with Gasteiger partial charge in [0.1, 0.15) is 6.54 Å². The standard InChI is InChI=1S/C27H29N3O3/c1-4-7-21(14-28-3)27(33)29-15-23-26(24(17-31)30(23)25(32)16-29)20-12-10-19(11-13-20)22-9-6-5-8-18(22)2/h4-14,23-24,26,31H,3,15-17H2,1-2H3/b7-4-,21-14+/t23-,24-,26-/m1/s1. The molecular formula is C27H29N3O3. The first-order chi connectivity index (χ1) is 16.0. The van der Waals surface area contributed by atoms with Crippen LogP contribution < -0.4 is 0 Å². The van der Waals surface area contributed by atoms with E-state index >= 15 is 0 Å². The van der Waals surface area contributed by atoms with Crippen LogP contribution in [0, 0.1) is 6.92 Å². The Kier molecular flexibility index (Phi) is 6.56. The number of carbonyl (C=O) groups excluding carboxylic acids is 2. The predicted octanol–water partition coefficient (Wildman–Crippen LogP) is 3.32. The molecule has 2 aromatic carbocycles. The van der Waals surface area contributed by atoms with Gasteiger partial charge in [0.2, 0.25) is 5.91 Å². The molecule has 3 atom stereocenters. The average Bonchev–Trinajstić information content (AvgIpc) is 2.80. The van der Waals surface area contributed by atoms with Crippen LogP contribution in [-0.4, -0.2) is 65.2 Å². The first-order valence-electron chi connectivity index (χ1n) is 11.2. The number of aliphatic hydroxyl groups is 1. The Bertz CT molecular complexity index is 1120. The Balaban J connectivity index is 1.59. The van der Waals surface area contributed by atoms with E-state index in [0.29, 0.717) is 12.1 Å². The number of aliphatic imine (C=N–C) groups is 1. The number of benzene rings is 2. The molecule has 170 valence electrons. The van der Waals surface area contributed by atoms with Gasteiger partial charge < -0.3 is 14.9 Å². The van der Waals surface area contributed by atoms with Crippen LogP contribution in [0.5, 0.6) is 0 Å². The molecule has 0 spiro atoms. The highest BCUT2D eigenvalue weighted by Crippen LogP contribution is 2.43. The fourth-order valence-electron chi connectivity index (χ4n) is 5.07. The maximum atomic E-state index is 13.0. The summed E-state index contributed by atoms with van der Waals surface area (Å²) in [4.78, 5) is 32.9. The quantitative estimate of drug-likeness (QED) is 0.423. The second-order valence-corrected chi connectivity index (χ2v) is 8.53. The third-order valence-electron chi connectivity index (χ3n) is 6.61. The summed E-state index contributed by atoms with van der Waals surface area (Å²) < 4.78 is 0. The SMILES string of the molecule is C=N/C=C(\C=C/C)C(=O)N1CC(=O)N2[C@H](CO)[C@H](c3ccc(-c4ccccc4C)cc3)[C@H]2C1. The highest BCUT2D eigenvalue weighted by Gasteiger charge is 2.54. The Hall–Kier alpha value is -3.51. The van der Waals surface area contributed by atoms with Crippen LogP contribution in [0.2, 0.25) is 0 Å². The molecule has 2 aliphatic rings. The first kappa shape index (κ1) is 22.7. The van der Waals surface area contributed by atoms with Crippen LogP contribution in [-0.2, 0) is 9.59 Å². The van der Waals surface area contributed by atoms with Crippen LogP contribution in [0.1, 0.15) is 24.0 Å². The van der Waals surface area contributed by atoms with E-state index < -0.39 is 0 Å². The minimum atomic E-state index is -0.274. The highest BCUT2D eigenvalue weighted by molar-refractivity contribution is 5.99. The van der Waals surface area contributed by atoms with Crippen LogP contribution in [0.25, 0.3) is 11.1 Å². The lowest BCUT2D eigenvalue weighted by molar-refractivity contribution is -0.165. The zero-order valence-corrected chi connectivity index (χ0v) is 19.0. The largest absolute Gasteiger partial charge is 0.394 e. The summed E-state index contributed by atoms with van der Waals surface area (Å²) in [5.41, 5.74) is 4.97. The number of rotatable bonds is 6. The number of piperazine rings is 1. The van der Waals surface area contributed by atoms with Crippen LogP contribution >= 0.6 is 0 Å². The molecule has 0 radical (unpaired) electrons. The van der Waals surface area contributed by atoms with Crippen molar-refractivity contribution in [1.29, 1.82) is 0 Å². The number of aryl methyl sites for hydroxylation is 1. The zero-order chi connectivity index (χ0) is 23.5. The van der Waals surface area contributed by atoms with Gasteiger partial charge in [0.15, 0.2) is 0 Å². The summed E-state index contributed by atoms with van der Waals surface area (Å²) in [6.07, 6.45) is 4.85. The Labute approximate surface area is 194 Å². The lowest BCUT2D eigenvalue weighted by atomic mass is 9.73. The number of fused-ring (bicyclic) bond motifs is 1. The second kappa shape index (κ2) is 9.55. The highest BCUT2D eigenvalue weighted by atomic mass is 16.3. The number of hydrogen-bond acceptors (Lipinski definition) is 4.